The number of carbonyl (C=O) groups is 1. The normalized spacial score (nSPS) is 14.0. The molecule has 0 fully saturated rings. The molecule has 1 rings (SSSR count). The summed E-state index contributed by atoms with van der Waals surface area (Å²) in [7, 11) is -4.07. The Hall–Kier alpha value is -1.61. The molecule has 0 saturated heterocycles. The number of aliphatic carboxylic acids is 1. The zero-order valence-corrected chi connectivity index (χ0v) is 11.1. The highest BCUT2D eigenvalue weighted by atomic mass is 32.2. The fourth-order valence-electron chi connectivity index (χ4n) is 1.25. The van der Waals surface area contributed by atoms with Crippen molar-refractivity contribution in [1.29, 1.82) is 0 Å². The number of alkyl halides is 3. The second-order valence-electron chi connectivity index (χ2n) is 4.04. The van der Waals surface area contributed by atoms with Crippen LogP contribution in [-0.2, 0) is 27.5 Å². The Bertz CT molecular complexity index is 581. The first-order valence-electron chi connectivity index (χ1n) is 5.41. The molecule has 9 heteroatoms. The molecule has 0 amide bonds. The maximum atomic E-state index is 12.3. The van der Waals surface area contributed by atoms with Gasteiger partial charge >= 0.3 is 12.1 Å². The number of sulfonamides is 1. The fraction of sp³-hybridized carbons (Fsp3) is 0.364. The Labute approximate surface area is 113 Å². The molecule has 112 valence electrons. The molecule has 1 aromatic carbocycles. The lowest BCUT2D eigenvalue weighted by Gasteiger charge is -2.11. The lowest BCUT2D eigenvalue weighted by Crippen LogP contribution is -2.37. The number of rotatable bonds is 5. The van der Waals surface area contributed by atoms with E-state index < -0.39 is 33.0 Å². The van der Waals surface area contributed by atoms with Crippen LogP contribution < -0.4 is 4.72 Å². The first-order chi connectivity index (χ1) is 9.04. The van der Waals surface area contributed by atoms with Gasteiger partial charge in [-0.05, 0) is 24.6 Å². The van der Waals surface area contributed by atoms with Gasteiger partial charge in [-0.1, -0.05) is 12.1 Å². The van der Waals surface area contributed by atoms with Crippen molar-refractivity contribution in [2.75, 3.05) is 0 Å². The van der Waals surface area contributed by atoms with Crippen molar-refractivity contribution in [2.45, 2.75) is 24.9 Å². The molecule has 0 saturated carbocycles. The monoisotopic (exact) mass is 311 g/mol. The van der Waals surface area contributed by atoms with E-state index in [9.17, 15) is 26.4 Å². The summed E-state index contributed by atoms with van der Waals surface area (Å²) >= 11 is 0. The molecule has 0 bridgehead atoms. The summed E-state index contributed by atoms with van der Waals surface area (Å²) in [6, 6.07) is 3.89. The van der Waals surface area contributed by atoms with Crippen LogP contribution in [0.5, 0.6) is 0 Å². The van der Waals surface area contributed by atoms with Gasteiger partial charge in [-0.2, -0.15) is 13.2 Å². The zero-order valence-electron chi connectivity index (χ0n) is 10.3. The van der Waals surface area contributed by atoms with E-state index in [0.29, 0.717) is 5.56 Å². The second kappa shape index (κ2) is 5.80. The smallest absolute Gasteiger partial charge is 0.416 e. The van der Waals surface area contributed by atoms with Crippen LogP contribution in [0.25, 0.3) is 0 Å². The summed E-state index contributed by atoms with van der Waals surface area (Å²) in [5.74, 6) is -1.51. The van der Waals surface area contributed by atoms with Gasteiger partial charge in [0.25, 0.3) is 0 Å². The Morgan fingerprint density at radius 2 is 1.80 bits per heavy atom. The molecule has 1 aromatic rings. The third kappa shape index (κ3) is 4.20. The number of hydrogen-bond donors (Lipinski definition) is 2. The second-order valence-corrected chi connectivity index (χ2v) is 6.13. The van der Waals surface area contributed by atoms with Gasteiger partial charge in [0.2, 0.25) is 10.0 Å². The van der Waals surface area contributed by atoms with E-state index in [1.54, 1.807) is 0 Å². The Kier molecular flexibility index (Phi) is 4.77. The quantitative estimate of drug-likeness (QED) is 0.865. The summed E-state index contributed by atoms with van der Waals surface area (Å²) in [5, 5.41) is 6.95. The molecule has 1 unspecified atom stereocenters. The molecule has 5 nitrogen and oxygen atoms in total. The van der Waals surface area contributed by atoms with Crippen molar-refractivity contribution in [3.63, 3.8) is 0 Å². The molecule has 0 aliphatic heterocycles. The van der Waals surface area contributed by atoms with E-state index in [0.717, 1.165) is 31.2 Å². The van der Waals surface area contributed by atoms with Crippen molar-refractivity contribution in [2.24, 2.45) is 0 Å². The average Bonchev–Trinajstić information content (AvgIpc) is 2.35. The minimum Gasteiger partial charge on any atom is -0.480 e. The summed E-state index contributed by atoms with van der Waals surface area (Å²) in [6.45, 7) is 0.718. The SMILES string of the molecule is CC(C(=O)O)S(=O)(=O)NCc1ccc(C(F)(F)F)cc1. The molecular weight excluding hydrogens is 299 g/mol. The highest BCUT2D eigenvalue weighted by molar-refractivity contribution is 7.90. The minimum absolute atomic E-state index is 0.280. The van der Waals surface area contributed by atoms with Gasteiger partial charge in [-0.15, -0.1) is 0 Å². The summed E-state index contributed by atoms with van der Waals surface area (Å²) in [6.07, 6.45) is -4.46. The number of hydrogen-bond acceptors (Lipinski definition) is 3. The largest absolute Gasteiger partial charge is 0.480 e. The van der Waals surface area contributed by atoms with Crippen LogP contribution in [0, 0.1) is 0 Å². The van der Waals surface area contributed by atoms with Crippen molar-refractivity contribution in [3.05, 3.63) is 35.4 Å². The number of carboxylic acids is 1. The van der Waals surface area contributed by atoms with Crippen LogP contribution in [-0.4, -0.2) is 24.7 Å². The maximum Gasteiger partial charge on any atom is 0.416 e. The van der Waals surface area contributed by atoms with E-state index in [4.69, 9.17) is 5.11 Å². The lowest BCUT2D eigenvalue weighted by molar-refractivity contribution is -0.138. The van der Waals surface area contributed by atoms with E-state index >= 15 is 0 Å². The first-order valence-corrected chi connectivity index (χ1v) is 6.96. The van der Waals surface area contributed by atoms with Crippen molar-refractivity contribution in [3.8, 4) is 0 Å². The van der Waals surface area contributed by atoms with Crippen molar-refractivity contribution < 1.29 is 31.5 Å². The highest BCUT2D eigenvalue weighted by Crippen LogP contribution is 2.29. The number of benzene rings is 1. The third-order valence-corrected chi connectivity index (χ3v) is 4.25. The molecule has 0 aromatic heterocycles. The van der Waals surface area contributed by atoms with E-state index in [1.165, 1.54) is 0 Å². The summed E-state index contributed by atoms with van der Waals surface area (Å²) < 4.78 is 62.0. The third-order valence-electron chi connectivity index (χ3n) is 2.57. The topological polar surface area (TPSA) is 83.5 Å². The van der Waals surface area contributed by atoms with Gasteiger partial charge in [-0.25, -0.2) is 13.1 Å². The minimum atomic E-state index is -4.46. The first kappa shape index (κ1) is 16.4. The summed E-state index contributed by atoms with van der Waals surface area (Å²) in [5.41, 5.74) is -0.554. The molecule has 20 heavy (non-hydrogen) atoms. The van der Waals surface area contributed by atoms with Crippen LogP contribution >= 0.6 is 0 Å². The van der Waals surface area contributed by atoms with E-state index in [-0.39, 0.29) is 6.54 Å². The Morgan fingerprint density at radius 1 is 1.30 bits per heavy atom. The highest BCUT2D eigenvalue weighted by Gasteiger charge is 2.30. The van der Waals surface area contributed by atoms with Gasteiger partial charge < -0.3 is 5.11 Å². The molecule has 0 heterocycles. The van der Waals surface area contributed by atoms with Gasteiger partial charge in [0.1, 0.15) is 0 Å². The number of carboxylic acid groups (broad SMARTS) is 1. The van der Waals surface area contributed by atoms with Crippen LogP contribution in [0.4, 0.5) is 13.2 Å². The van der Waals surface area contributed by atoms with Crippen LogP contribution in [0.3, 0.4) is 0 Å². The van der Waals surface area contributed by atoms with Crippen LogP contribution in [0.2, 0.25) is 0 Å². The predicted molar refractivity (Wildman–Crippen MR) is 64.3 cm³/mol. The molecule has 1 atom stereocenters. The standard InChI is InChI=1S/C11H12F3NO4S/c1-7(10(16)17)20(18,19)15-6-8-2-4-9(5-3-8)11(12,13)14/h2-5,7,15H,6H2,1H3,(H,16,17). The lowest BCUT2D eigenvalue weighted by atomic mass is 10.1. The average molecular weight is 311 g/mol. The molecular formula is C11H12F3NO4S. The van der Waals surface area contributed by atoms with E-state index in [2.05, 4.69) is 0 Å². The predicted octanol–water partition coefficient (Wildman–Crippen LogP) is 1.60. The van der Waals surface area contributed by atoms with Crippen LogP contribution in [0.1, 0.15) is 18.1 Å². The number of halogens is 3. The molecule has 0 spiro atoms. The van der Waals surface area contributed by atoms with Crippen molar-refractivity contribution in [1.82, 2.24) is 4.72 Å². The Morgan fingerprint density at radius 3 is 2.20 bits per heavy atom. The van der Waals surface area contributed by atoms with Crippen LogP contribution in [0.15, 0.2) is 24.3 Å². The fourth-order valence-corrected chi connectivity index (χ4v) is 2.14. The Balaban J connectivity index is 2.74. The van der Waals surface area contributed by atoms with Gasteiger partial charge in [0.05, 0.1) is 5.56 Å². The molecule has 0 aliphatic carbocycles. The van der Waals surface area contributed by atoms with Crippen molar-refractivity contribution >= 4 is 16.0 Å². The van der Waals surface area contributed by atoms with Gasteiger partial charge in [0.15, 0.2) is 5.25 Å². The zero-order chi connectivity index (χ0) is 15.6. The molecule has 0 aliphatic rings. The number of nitrogens with one attached hydrogen (secondary N) is 1. The summed E-state index contributed by atoms with van der Waals surface area (Å²) in [4.78, 5) is 10.6. The maximum absolute atomic E-state index is 12.3. The van der Waals surface area contributed by atoms with Gasteiger partial charge in [-0.3, -0.25) is 4.79 Å². The molecule has 0 radical (unpaired) electrons. The van der Waals surface area contributed by atoms with Gasteiger partial charge in [0, 0.05) is 6.54 Å². The molecule has 2 N–H and O–H groups in total. The van der Waals surface area contributed by atoms with E-state index in [1.807, 2.05) is 4.72 Å².